The van der Waals surface area contributed by atoms with E-state index in [1.54, 1.807) is 6.08 Å². The highest BCUT2D eigenvalue weighted by atomic mass is 32.2. The third-order valence-corrected chi connectivity index (χ3v) is 4.86. The molecule has 0 fully saturated rings. The lowest BCUT2D eigenvalue weighted by Gasteiger charge is -2.02. The van der Waals surface area contributed by atoms with Crippen molar-refractivity contribution in [1.82, 2.24) is 9.78 Å². The predicted octanol–water partition coefficient (Wildman–Crippen LogP) is 0.451. The van der Waals surface area contributed by atoms with Gasteiger partial charge in [0.2, 0.25) is 10.0 Å². The second-order valence-electron chi connectivity index (χ2n) is 5.83. The fraction of sp³-hybridized carbons (Fsp3) is 0.105. The van der Waals surface area contributed by atoms with E-state index in [9.17, 15) is 13.2 Å². The van der Waals surface area contributed by atoms with Crippen LogP contribution in [0.1, 0.15) is 12.5 Å². The Hall–Kier alpha value is -3.10. The van der Waals surface area contributed by atoms with E-state index in [0.29, 0.717) is 22.9 Å². The average Bonchev–Trinajstić information content (AvgIpc) is 2.91. The lowest BCUT2D eigenvalue weighted by Crippen LogP contribution is -2.33. The number of rotatable bonds is 5. The normalized spacial score (nSPS) is 12.3. The molecule has 0 bridgehead atoms. The van der Waals surface area contributed by atoms with E-state index in [0.717, 1.165) is 11.3 Å². The molecule has 27 heavy (non-hydrogen) atoms. The highest BCUT2D eigenvalue weighted by Crippen LogP contribution is 2.12. The van der Waals surface area contributed by atoms with Gasteiger partial charge in [0.25, 0.3) is 5.56 Å². The molecule has 0 saturated carbocycles. The first-order chi connectivity index (χ1) is 12.8. The van der Waals surface area contributed by atoms with E-state index in [1.165, 1.54) is 28.9 Å². The minimum absolute atomic E-state index is 0.0260. The number of nitrogens with two attached hydrogens (primary N) is 1. The summed E-state index contributed by atoms with van der Waals surface area (Å²) >= 11 is 0. The van der Waals surface area contributed by atoms with Crippen LogP contribution in [-0.2, 0) is 10.0 Å². The highest BCUT2D eigenvalue weighted by molar-refractivity contribution is 7.89. The number of sulfonamides is 1. The van der Waals surface area contributed by atoms with Crippen molar-refractivity contribution in [1.29, 1.82) is 0 Å². The smallest absolute Gasteiger partial charge is 0.279 e. The molecule has 7 nitrogen and oxygen atoms in total. The van der Waals surface area contributed by atoms with Gasteiger partial charge < -0.3 is 4.74 Å². The SMILES string of the molecule is C=c1[nH]n(-c2ccc(S(N)(=O)=O)cc2)c(=O)/c1=C/c1ccc(OCC)cc1. The zero-order valence-electron chi connectivity index (χ0n) is 14.7. The van der Waals surface area contributed by atoms with Gasteiger partial charge in [0.1, 0.15) is 5.75 Å². The van der Waals surface area contributed by atoms with Crippen LogP contribution in [-0.4, -0.2) is 24.8 Å². The van der Waals surface area contributed by atoms with Gasteiger partial charge in [-0.2, -0.15) is 0 Å². The van der Waals surface area contributed by atoms with Gasteiger partial charge in [0, 0.05) is 0 Å². The van der Waals surface area contributed by atoms with Crippen LogP contribution in [0.5, 0.6) is 5.75 Å². The van der Waals surface area contributed by atoms with Crippen LogP contribution in [0, 0.1) is 0 Å². The zero-order chi connectivity index (χ0) is 19.6. The van der Waals surface area contributed by atoms with E-state index in [2.05, 4.69) is 11.7 Å². The quantitative estimate of drug-likeness (QED) is 0.665. The number of ether oxygens (including phenoxy) is 1. The highest BCUT2D eigenvalue weighted by Gasteiger charge is 2.09. The molecule has 3 N–H and O–H groups in total. The van der Waals surface area contributed by atoms with Crippen LogP contribution in [0.2, 0.25) is 0 Å². The maximum Gasteiger partial charge on any atom is 0.279 e. The van der Waals surface area contributed by atoms with Crippen molar-refractivity contribution in [3.8, 4) is 11.4 Å². The first-order valence-electron chi connectivity index (χ1n) is 8.17. The predicted molar refractivity (Wildman–Crippen MR) is 104 cm³/mol. The molecule has 3 aromatic rings. The molecule has 0 saturated heterocycles. The molecule has 0 aliphatic rings. The number of hydrogen-bond acceptors (Lipinski definition) is 4. The molecule has 0 aliphatic heterocycles. The fourth-order valence-electron chi connectivity index (χ4n) is 2.60. The van der Waals surface area contributed by atoms with Gasteiger partial charge >= 0.3 is 0 Å². The summed E-state index contributed by atoms with van der Waals surface area (Å²) in [6, 6.07) is 13.0. The van der Waals surface area contributed by atoms with Gasteiger partial charge in [-0.15, -0.1) is 0 Å². The third-order valence-electron chi connectivity index (χ3n) is 3.93. The molecule has 140 valence electrons. The summed E-state index contributed by atoms with van der Waals surface area (Å²) in [6.07, 6.45) is 1.73. The molecule has 0 atom stereocenters. The molecule has 0 radical (unpaired) electrons. The number of aromatic amines is 1. The largest absolute Gasteiger partial charge is 0.494 e. The zero-order valence-corrected chi connectivity index (χ0v) is 15.5. The van der Waals surface area contributed by atoms with Gasteiger partial charge in [-0.1, -0.05) is 18.7 Å². The Morgan fingerprint density at radius 1 is 1.15 bits per heavy atom. The summed E-state index contributed by atoms with van der Waals surface area (Å²) in [4.78, 5) is 12.7. The lowest BCUT2D eigenvalue weighted by molar-refractivity contribution is 0.340. The van der Waals surface area contributed by atoms with Crippen LogP contribution in [0.3, 0.4) is 0 Å². The minimum Gasteiger partial charge on any atom is -0.494 e. The van der Waals surface area contributed by atoms with Crippen molar-refractivity contribution in [3.05, 3.63) is 75.0 Å². The van der Waals surface area contributed by atoms with E-state index in [4.69, 9.17) is 9.88 Å². The van der Waals surface area contributed by atoms with Crippen LogP contribution in [0.4, 0.5) is 0 Å². The molecule has 0 aliphatic carbocycles. The summed E-state index contributed by atoms with van der Waals surface area (Å²) in [7, 11) is -3.79. The van der Waals surface area contributed by atoms with E-state index in [1.807, 2.05) is 31.2 Å². The van der Waals surface area contributed by atoms with Crippen molar-refractivity contribution >= 4 is 22.7 Å². The molecule has 3 rings (SSSR count). The van der Waals surface area contributed by atoms with Crippen molar-refractivity contribution in [2.24, 2.45) is 5.14 Å². The Bertz CT molecular complexity index is 1220. The van der Waals surface area contributed by atoms with Gasteiger partial charge in [-0.25, -0.2) is 18.2 Å². The van der Waals surface area contributed by atoms with Gasteiger partial charge in [-0.05, 0) is 55.0 Å². The Labute approximate surface area is 156 Å². The van der Waals surface area contributed by atoms with Gasteiger partial charge in [0.15, 0.2) is 0 Å². The number of benzene rings is 2. The molecule has 1 heterocycles. The second-order valence-corrected chi connectivity index (χ2v) is 7.39. The minimum atomic E-state index is -3.79. The molecule has 8 heteroatoms. The summed E-state index contributed by atoms with van der Waals surface area (Å²) < 4.78 is 29.4. The molecule has 0 unspecified atom stereocenters. The van der Waals surface area contributed by atoms with Crippen molar-refractivity contribution < 1.29 is 13.2 Å². The summed E-state index contributed by atoms with van der Waals surface area (Å²) in [5.41, 5.74) is 1.01. The number of primary sulfonamides is 1. The second kappa shape index (κ2) is 7.26. The van der Waals surface area contributed by atoms with Crippen LogP contribution in [0.15, 0.2) is 58.2 Å². The Kier molecular flexibility index (Phi) is 5.02. The molecule has 1 aromatic heterocycles. The fourth-order valence-corrected chi connectivity index (χ4v) is 3.12. The molecule has 0 spiro atoms. The first-order valence-corrected chi connectivity index (χ1v) is 9.72. The van der Waals surface area contributed by atoms with Crippen LogP contribution < -0.4 is 26.0 Å². The Balaban J connectivity index is 2.02. The summed E-state index contributed by atoms with van der Waals surface area (Å²) in [6.45, 7) is 6.37. The maximum atomic E-state index is 12.7. The molecule has 2 aromatic carbocycles. The van der Waals surface area contributed by atoms with Crippen LogP contribution >= 0.6 is 0 Å². The number of nitrogens with zero attached hydrogens (tertiary/aromatic N) is 1. The average molecular weight is 385 g/mol. The number of aromatic nitrogens is 2. The van der Waals surface area contributed by atoms with Crippen molar-refractivity contribution in [3.63, 3.8) is 0 Å². The topological polar surface area (TPSA) is 107 Å². The molecular formula is C19H19N3O4S. The van der Waals surface area contributed by atoms with Gasteiger partial charge in [-0.3, -0.25) is 9.89 Å². The lowest BCUT2D eigenvalue weighted by atomic mass is 10.2. The van der Waals surface area contributed by atoms with Crippen molar-refractivity contribution in [2.75, 3.05) is 6.61 Å². The van der Waals surface area contributed by atoms with E-state index < -0.39 is 10.0 Å². The Morgan fingerprint density at radius 3 is 2.33 bits per heavy atom. The monoisotopic (exact) mass is 385 g/mol. The number of hydrogen-bond donors (Lipinski definition) is 2. The first kappa shape index (κ1) is 18.7. The summed E-state index contributed by atoms with van der Waals surface area (Å²) in [5.74, 6) is 0.755. The standard InChI is InChI=1S/C19H19N3O4S/c1-3-26-16-8-4-14(5-9-16)12-18-13(2)21-22(19(18)23)15-6-10-17(11-7-15)27(20,24)25/h4-12,21H,2-3H2,1H3,(H2,20,24,25)/b18-12+. The molecule has 0 amide bonds. The van der Waals surface area contributed by atoms with Crippen LogP contribution in [0.25, 0.3) is 18.3 Å². The Morgan fingerprint density at radius 2 is 1.78 bits per heavy atom. The number of H-pyrrole nitrogens is 1. The third kappa shape index (κ3) is 4.02. The summed E-state index contributed by atoms with van der Waals surface area (Å²) in [5, 5.41) is 8.85. The molecular weight excluding hydrogens is 366 g/mol. The maximum absolute atomic E-state index is 12.7. The van der Waals surface area contributed by atoms with Gasteiger partial charge in [0.05, 0.1) is 27.8 Å². The number of nitrogens with one attached hydrogen (secondary N) is 1. The van der Waals surface area contributed by atoms with Crippen molar-refractivity contribution in [2.45, 2.75) is 11.8 Å². The van der Waals surface area contributed by atoms with E-state index >= 15 is 0 Å². The van der Waals surface area contributed by atoms with E-state index in [-0.39, 0.29) is 10.5 Å².